The maximum absolute atomic E-state index is 8.61. The Morgan fingerprint density at radius 3 is 1.89 bits per heavy atom. The Labute approximate surface area is 108 Å². The molecule has 2 aromatic rings. The van der Waals surface area contributed by atoms with Crippen molar-refractivity contribution in [3.63, 3.8) is 0 Å². The van der Waals surface area contributed by atoms with Crippen molar-refractivity contribution < 1.29 is 9.68 Å². The molecular weight excluding hydrogens is 223 g/mol. The Morgan fingerprint density at radius 1 is 0.889 bits per heavy atom. The van der Waals surface area contributed by atoms with Gasteiger partial charge in [-0.2, -0.15) is 0 Å². The average Bonchev–Trinajstić information content (AvgIpc) is 2.40. The summed E-state index contributed by atoms with van der Waals surface area (Å²) in [6.07, 6.45) is 0. The fourth-order valence-electron chi connectivity index (χ4n) is 1.49. The Hall–Kier alpha value is -2.18. The molecule has 88 valence electrons. The van der Waals surface area contributed by atoms with E-state index in [0.29, 0.717) is 5.75 Å². The van der Waals surface area contributed by atoms with Gasteiger partial charge in [0.1, 0.15) is 5.75 Å². The summed E-state index contributed by atoms with van der Waals surface area (Å²) in [5.41, 5.74) is 3.14. The van der Waals surface area contributed by atoms with Crippen LogP contribution in [0.4, 0.5) is 0 Å². The molecule has 0 aliphatic heterocycles. The van der Waals surface area contributed by atoms with Gasteiger partial charge in [0.25, 0.3) is 0 Å². The van der Waals surface area contributed by atoms with Crippen LogP contribution in [0, 0.1) is 18.8 Å². The molecule has 0 aromatic heterocycles. The molecule has 1 N–H and O–H groups in total. The molecule has 2 rings (SSSR count). The zero-order chi connectivity index (χ0) is 12.8. The SMILES string of the molecule is Cc1ccc(C#Cc2ccc(OBO)cc2)cc1. The first-order valence-electron chi connectivity index (χ1n) is 5.70. The van der Waals surface area contributed by atoms with Crippen molar-refractivity contribution in [3.05, 3.63) is 65.2 Å². The highest BCUT2D eigenvalue weighted by Crippen LogP contribution is 2.10. The normalized spacial score (nSPS) is 9.22. The second-order valence-electron chi connectivity index (χ2n) is 3.91. The molecule has 0 aliphatic rings. The zero-order valence-electron chi connectivity index (χ0n) is 10.2. The third-order valence-corrected chi connectivity index (χ3v) is 2.49. The van der Waals surface area contributed by atoms with Crippen LogP contribution in [-0.2, 0) is 0 Å². The zero-order valence-corrected chi connectivity index (χ0v) is 10.2. The van der Waals surface area contributed by atoms with Gasteiger partial charge in [0.05, 0.1) is 0 Å². The molecule has 0 bridgehead atoms. The van der Waals surface area contributed by atoms with Crippen molar-refractivity contribution in [1.29, 1.82) is 0 Å². The first-order valence-corrected chi connectivity index (χ1v) is 5.70. The van der Waals surface area contributed by atoms with Crippen molar-refractivity contribution >= 4 is 7.69 Å². The highest BCUT2D eigenvalue weighted by atomic mass is 16.5. The van der Waals surface area contributed by atoms with Crippen LogP contribution in [0.2, 0.25) is 0 Å². The van der Waals surface area contributed by atoms with Gasteiger partial charge in [-0.1, -0.05) is 29.5 Å². The lowest BCUT2D eigenvalue weighted by Gasteiger charge is -2.00. The van der Waals surface area contributed by atoms with E-state index in [1.54, 1.807) is 12.1 Å². The van der Waals surface area contributed by atoms with Crippen LogP contribution < -0.4 is 4.65 Å². The molecular formula is C15H13BO2. The third kappa shape index (κ3) is 3.41. The summed E-state index contributed by atoms with van der Waals surface area (Å²) in [5, 5.41) is 8.61. The summed E-state index contributed by atoms with van der Waals surface area (Å²) in [4.78, 5) is 0. The predicted octanol–water partition coefficient (Wildman–Crippen LogP) is 2.03. The van der Waals surface area contributed by atoms with E-state index >= 15 is 0 Å². The van der Waals surface area contributed by atoms with E-state index in [0.717, 1.165) is 11.1 Å². The van der Waals surface area contributed by atoms with E-state index in [1.165, 1.54) is 5.56 Å². The Morgan fingerprint density at radius 2 is 1.39 bits per heavy atom. The fraction of sp³-hybridized carbons (Fsp3) is 0.0667. The summed E-state index contributed by atoms with van der Waals surface area (Å²) >= 11 is 0. The lowest BCUT2D eigenvalue weighted by molar-refractivity contribution is 0.454. The van der Waals surface area contributed by atoms with E-state index in [-0.39, 0.29) is 7.69 Å². The topological polar surface area (TPSA) is 29.5 Å². The summed E-state index contributed by atoms with van der Waals surface area (Å²) in [6, 6.07) is 15.4. The molecule has 0 heterocycles. The highest BCUT2D eigenvalue weighted by molar-refractivity contribution is 6.17. The van der Waals surface area contributed by atoms with E-state index in [2.05, 4.69) is 18.8 Å². The second-order valence-corrected chi connectivity index (χ2v) is 3.91. The summed E-state index contributed by atoms with van der Waals surface area (Å²) in [5.74, 6) is 6.82. The van der Waals surface area contributed by atoms with Gasteiger partial charge in [-0.25, -0.2) is 0 Å². The molecule has 0 spiro atoms. The minimum absolute atomic E-state index is 0.311. The van der Waals surface area contributed by atoms with Gasteiger partial charge < -0.3 is 9.68 Å². The standard InChI is InChI=1S/C15H13BO2/c1-12-2-4-13(5-3-12)6-7-14-8-10-15(11-9-14)18-16-17/h2-5,8-11,16-17H,1H3. The summed E-state index contributed by atoms with van der Waals surface area (Å²) < 4.78 is 4.94. The van der Waals surface area contributed by atoms with Crippen LogP contribution in [0.25, 0.3) is 0 Å². The van der Waals surface area contributed by atoms with Crippen LogP contribution in [0.3, 0.4) is 0 Å². The van der Waals surface area contributed by atoms with Crippen molar-refractivity contribution in [2.75, 3.05) is 0 Å². The maximum Gasteiger partial charge on any atom is 0.504 e. The van der Waals surface area contributed by atoms with Crippen LogP contribution >= 0.6 is 0 Å². The number of hydrogen-bond acceptors (Lipinski definition) is 2. The van der Waals surface area contributed by atoms with E-state index in [4.69, 9.17) is 9.68 Å². The second kappa shape index (κ2) is 5.95. The molecule has 0 fully saturated rings. The molecule has 18 heavy (non-hydrogen) atoms. The predicted molar refractivity (Wildman–Crippen MR) is 73.6 cm³/mol. The van der Waals surface area contributed by atoms with Gasteiger partial charge in [0.15, 0.2) is 0 Å². The lowest BCUT2D eigenvalue weighted by Crippen LogP contribution is -1.99. The number of hydrogen-bond donors (Lipinski definition) is 1. The van der Waals surface area contributed by atoms with Crippen LogP contribution in [0.15, 0.2) is 48.5 Å². The van der Waals surface area contributed by atoms with Crippen molar-refractivity contribution in [3.8, 4) is 17.6 Å². The quantitative estimate of drug-likeness (QED) is 0.638. The molecule has 0 saturated heterocycles. The Balaban J connectivity index is 2.12. The molecule has 0 radical (unpaired) electrons. The van der Waals surface area contributed by atoms with Crippen LogP contribution in [0.5, 0.6) is 5.75 Å². The molecule has 0 amide bonds. The van der Waals surface area contributed by atoms with Crippen molar-refractivity contribution in [1.82, 2.24) is 0 Å². The van der Waals surface area contributed by atoms with Crippen LogP contribution in [-0.4, -0.2) is 12.7 Å². The lowest BCUT2D eigenvalue weighted by atomic mass is 10.1. The van der Waals surface area contributed by atoms with Gasteiger partial charge in [-0.05, 0) is 43.3 Å². The number of rotatable bonds is 2. The molecule has 0 atom stereocenters. The summed E-state index contributed by atoms with van der Waals surface area (Å²) in [7, 11) is -0.311. The van der Waals surface area contributed by atoms with E-state index in [1.807, 2.05) is 36.4 Å². The fourth-order valence-corrected chi connectivity index (χ4v) is 1.49. The van der Waals surface area contributed by atoms with E-state index in [9.17, 15) is 0 Å². The molecule has 2 aromatic carbocycles. The van der Waals surface area contributed by atoms with Crippen molar-refractivity contribution in [2.24, 2.45) is 0 Å². The number of benzene rings is 2. The monoisotopic (exact) mass is 236 g/mol. The maximum atomic E-state index is 8.61. The van der Waals surface area contributed by atoms with Gasteiger partial charge in [0.2, 0.25) is 0 Å². The highest BCUT2D eigenvalue weighted by Gasteiger charge is 1.93. The van der Waals surface area contributed by atoms with Gasteiger partial charge in [0, 0.05) is 11.1 Å². The third-order valence-electron chi connectivity index (χ3n) is 2.49. The number of aryl methyl sites for hydroxylation is 1. The largest absolute Gasteiger partial charge is 0.539 e. The minimum Gasteiger partial charge on any atom is -0.539 e. The molecule has 3 heteroatoms. The van der Waals surface area contributed by atoms with E-state index < -0.39 is 0 Å². The van der Waals surface area contributed by atoms with Gasteiger partial charge in [-0.3, -0.25) is 0 Å². The molecule has 0 unspecified atom stereocenters. The van der Waals surface area contributed by atoms with Gasteiger partial charge >= 0.3 is 7.69 Å². The smallest absolute Gasteiger partial charge is 0.504 e. The minimum atomic E-state index is -0.311. The van der Waals surface area contributed by atoms with Gasteiger partial charge in [-0.15, -0.1) is 0 Å². The summed E-state index contributed by atoms with van der Waals surface area (Å²) in [6.45, 7) is 2.05. The first-order chi connectivity index (χ1) is 8.78. The first kappa shape index (κ1) is 12.3. The Kier molecular flexibility index (Phi) is 4.06. The van der Waals surface area contributed by atoms with Crippen LogP contribution in [0.1, 0.15) is 16.7 Å². The average molecular weight is 236 g/mol. The molecule has 2 nitrogen and oxygen atoms in total. The molecule has 0 aliphatic carbocycles. The molecule has 0 saturated carbocycles. The Bertz CT molecular complexity index is 562. The van der Waals surface area contributed by atoms with Crippen molar-refractivity contribution in [2.45, 2.75) is 6.92 Å².